The highest BCUT2D eigenvalue weighted by molar-refractivity contribution is 6.18. The van der Waals surface area contributed by atoms with Crippen molar-refractivity contribution in [3.8, 4) is 0 Å². The molecular weight excluding hydrogens is 188 g/mol. The largest absolute Gasteiger partial charge is 0.314 e. The van der Waals surface area contributed by atoms with Gasteiger partial charge >= 0.3 is 0 Å². The molecular formula is C9H13ClN2O. The van der Waals surface area contributed by atoms with E-state index in [4.69, 9.17) is 11.6 Å². The summed E-state index contributed by atoms with van der Waals surface area (Å²) in [5.74, 6) is 0.601. The average Bonchev–Trinajstić information content (AvgIpc) is 2.15. The molecule has 1 heterocycles. The number of aromatic nitrogens is 1. The van der Waals surface area contributed by atoms with Crippen LogP contribution in [-0.2, 0) is 6.54 Å². The van der Waals surface area contributed by atoms with E-state index in [-0.39, 0.29) is 5.56 Å². The summed E-state index contributed by atoms with van der Waals surface area (Å²) >= 11 is 5.48. The first-order valence-corrected chi connectivity index (χ1v) is 4.80. The first-order chi connectivity index (χ1) is 6.34. The Balaban J connectivity index is 2.37. The van der Waals surface area contributed by atoms with Crippen LogP contribution >= 0.6 is 11.6 Å². The molecule has 4 heteroatoms. The molecule has 0 aliphatic heterocycles. The van der Waals surface area contributed by atoms with E-state index in [1.54, 1.807) is 22.9 Å². The number of nitrogens with zero attached hydrogens (tertiary/aromatic N) is 1. The van der Waals surface area contributed by atoms with Crippen LogP contribution in [0.4, 0.5) is 0 Å². The van der Waals surface area contributed by atoms with E-state index in [1.807, 2.05) is 6.07 Å². The van der Waals surface area contributed by atoms with Crippen molar-refractivity contribution in [2.45, 2.75) is 6.54 Å². The van der Waals surface area contributed by atoms with Crippen LogP contribution in [0.5, 0.6) is 0 Å². The lowest BCUT2D eigenvalue weighted by atomic mass is 10.4. The fourth-order valence-electron chi connectivity index (χ4n) is 1.04. The van der Waals surface area contributed by atoms with Gasteiger partial charge in [-0.15, -0.1) is 11.6 Å². The summed E-state index contributed by atoms with van der Waals surface area (Å²) < 4.78 is 1.67. The third-order valence-corrected chi connectivity index (χ3v) is 1.89. The monoisotopic (exact) mass is 200 g/mol. The zero-order valence-corrected chi connectivity index (χ0v) is 8.13. The lowest BCUT2D eigenvalue weighted by Crippen LogP contribution is -2.27. The molecule has 3 nitrogen and oxygen atoms in total. The van der Waals surface area contributed by atoms with Crippen molar-refractivity contribution in [3.05, 3.63) is 34.7 Å². The van der Waals surface area contributed by atoms with E-state index in [0.29, 0.717) is 12.4 Å². The molecule has 0 bridgehead atoms. The first kappa shape index (κ1) is 10.3. The first-order valence-electron chi connectivity index (χ1n) is 4.27. The van der Waals surface area contributed by atoms with Gasteiger partial charge in [0.2, 0.25) is 0 Å². The predicted octanol–water partition coefficient (Wildman–Crippen LogP) is 0.677. The average molecular weight is 201 g/mol. The summed E-state index contributed by atoms with van der Waals surface area (Å²) in [5.41, 5.74) is 0.0372. The summed E-state index contributed by atoms with van der Waals surface area (Å²) in [6.45, 7) is 2.25. The number of hydrogen-bond acceptors (Lipinski definition) is 2. The van der Waals surface area contributed by atoms with Gasteiger partial charge in [-0.05, 0) is 6.07 Å². The highest BCUT2D eigenvalue weighted by Gasteiger charge is 1.91. The third kappa shape index (κ3) is 3.61. The molecule has 1 aromatic heterocycles. The van der Waals surface area contributed by atoms with Gasteiger partial charge in [0.15, 0.2) is 0 Å². The lowest BCUT2D eigenvalue weighted by molar-refractivity contribution is 0.600. The minimum Gasteiger partial charge on any atom is -0.314 e. The van der Waals surface area contributed by atoms with Crippen molar-refractivity contribution in [2.24, 2.45) is 0 Å². The van der Waals surface area contributed by atoms with Gasteiger partial charge in [-0.2, -0.15) is 0 Å². The van der Waals surface area contributed by atoms with E-state index in [2.05, 4.69) is 5.32 Å². The van der Waals surface area contributed by atoms with E-state index >= 15 is 0 Å². The van der Waals surface area contributed by atoms with Crippen LogP contribution in [0.15, 0.2) is 29.2 Å². The second kappa shape index (κ2) is 5.78. The molecule has 1 aromatic rings. The zero-order chi connectivity index (χ0) is 9.52. The van der Waals surface area contributed by atoms with Crippen molar-refractivity contribution in [2.75, 3.05) is 19.0 Å². The Kier molecular flexibility index (Phi) is 4.57. The van der Waals surface area contributed by atoms with Gasteiger partial charge in [-0.25, -0.2) is 0 Å². The normalized spacial score (nSPS) is 10.2. The number of pyridine rings is 1. The number of hydrogen-bond donors (Lipinski definition) is 1. The highest BCUT2D eigenvalue weighted by Crippen LogP contribution is 1.80. The summed E-state index contributed by atoms with van der Waals surface area (Å²) in [6.07, 6.45) is 1.78. The van der Waals surface area contributed by atoms with E-state index < -0.39 is 0 Å². The van der Waals surface area contributed by atoms with Crippen LogP contribution < -0.4 is 10.9 Å². The summed E-state index contributed by atoms with van der Waals surface area (Å²) in [7, 11) is 0. The Bertz CT molecular complexity index is 298. The van der Waals surface area contributed by atoms with Crippen molar-refractivity contribution >= 4 is 11.6 Å². The van der Waals surface area contributed by atoms with Gasteiger partial charge < -0.3 is 9.88 Å². The Hall–Kier alpha value is -0.800. The number of alkyl halides is 1. The minimum atomic E-state index is 0.0372. The van der Waals surface area contributed by atoms with Crippen LogP contribution in [0.25, 0.3) is 0 Å². The zero-order valence-electron chi connectivity index (χ0n) is 7.37. The quantitative estimate of drug-likeness (QED) is 0.560. The molecule has 72 valence electrons. The Morgan fingerprint density at radius 1 is 1.38 bits per heavy atom. The van der Waals surface area contributed by atoms with Gasteiger partial charge in [0.1, 0.15) is 0 Å². The molecule has 0 spiro atoms. The predicted molar refractivity (Wildman–Crippen MR) is 54.3 cm³/mol. The maximum atomic E-state index is 11.2. The lowest BCUT2D eigenvalue weighted by Gasteiger charge is -2.04. The molecule has 0 aliphatic carbocycles. The molecule has 0 radical (unpaired) electrons. The fraction of sp³-hybridized carbons (Fsp3) is 0.444. The minimum absolute atomic E-state index is 0.0372. The van der Waals surface area contributed by atoms with Crippen LogP contribution in [0.1, 0.15) is 0 Å². The van der Waals surface area contributed by atoms with E-state index in [1.165, 1.54) is 0 Å². The smallest absolute Gasteiger partial charge is 0.250 e. The molecule has 1 N–H and O–H groups in total. The second-order valence-corrected chi connectivity index (χ2v) is 3.05. The van der Waals surface area contributed by atoms with E-state index in [9.17, 15) is 4.79 Å². The standard InChI is InChI=1S/C9H13ClN2O/c10-4-5-11-6-8-12-7-2-1-3-9(12)13/h1-3,7,11H,4-6,8H2. The Morgan fingerprint density at radius 2 is 2.23 bits per heavy atom. The summed E-state index contributed by atoms with van der Waals surface area (Å²) in [4.78, 5) is 11.2. The fourth-order valence-corrected chi connectivity index (χ4v) is 1.17. The molecule has 0 atom stereocenters. The number of halogens is 1. The van der Waals surface area contributed by atoms with Crippen molar-refractivity contribution < 1.29 is 0 Å². The highest BCUT2D eigenvalue weighted by atomic mass is 35.5. The third-order valence-electron chi connectivity index (χ3n) is 1.70. The van der Waals surface area contributed by atoms with Gasteiger partial charge in [0.05, 0.1) is 0 Å². The summed E-state index contributed by atoms with van der Waals surface area (Å²) in [6, 6.07) is 5.15. The van der Waals surface area contributed by atoms with Gasteiger partial charge in [-0.3, -0.25) is 4.79 Å². The molecule has 0 aliphatic rings. The maximum Gasteiger partial charge on any atom is 0.250 e. The van der Waals surface area contributed by atoms with Gasteiger partial charge in [0.25, 0.3) is 5.56 Å². The van der Waals surface area contributed by atoms with E-state index in [0.717, 1.165) is 13.1 Å². The molecule has 0 unspecified atom stereocenters. The van der Waals surface area contributed by atoms with Crippen LogP contribution in [0.2, 0.25) is 0 Å². The van der Waals surface area contributed by atoms with Crippen LogP contribution in [0.3, 0.4) is 0 Å². The second-order valence-electron chi connectivity index (χ2n) is 2.67. The molecule has 0 aromatic carbocycles. The molecule has 0 amide bonds. The van der Waals surface area contributed by atoms with Crippen molar-refractivity contribution in [1.82, 2.24) is 9.88 Å². The van der Waals surface area contributed by atoms with Crippen LogP contribution in [0, 0.1) is 0 Å². The topological polar surface area (TPSA) is 34.0 Å². The molecule has 0 saturated heterocycles. The number of nitrogens with one attached hydrogen (secondary N) is 1. The molecule has 1 rings (SSSR count). The SMILES string of the molecule is O=c1ccccn1CCNCCCl. The molecule has 0 saturated carbocycles. The van der Waals surface area contributed by atoms with Crippen molar-refractivity contribution in [1.29, 1.82) is 0 Å². The van der Waals surface area contributed by atoms with Gasteiger partial charge in [-0.1, -0.05) is 6.07 Å². The van der Waals surface area contributed by atoms with Crippen molar-refractivity contribution in [3.63, 3.8) is 0 Å². The Morgan fingerprint density at radius 3 is 2.92 bits per heavy atom. The van der Waals surface area contributed by atoms with Crippen LogP contribution in [-0.4, -0.2) is 23.5 Å². The van der Waals surface area contributed by atoms with Gasteiger partial charge in [0, 0.05) is 37.8 Å². The molecule has 0 fully saturated rings. The maximum absolute atomic E-state index is 11.2. The summed E-state index contributed by atoms with van der Waals surface area (Å²) in [5, 5.41) is 3.12. The number of rotatable bonds is 5. The molecule has 13 heavy (non-hydrogen) atoms. The Labute approximate surface area is 82.3 Å².